The molecule has 9 heteroatoms. The Morgan fingerprint density at radius 1 is 0.423 bits per heavy atom. The van der Waals surface area contributed by atoms with Crippen molar-refractivity contribution in [3.8, 4) is 0 Å². The summed E-state index contributed by atoms with van der Waals surface area (Å²) in [7, 11) is 5.98. The zero-order valence-corrected chi connectivity index (χ0v) is 47.7. The fourth-order valence-electron chi connectivity index (χ4n) is 8.99. The highest BCUT2D eigenvalue weighted by Gasteiger charge is 2.25. The molecule has 0 saturated heterocycles. The first-order chi connectivity index (χ1) is 34.6. The van der Waals surface area contributed by atoms with E-state index >= 15 is 0 Å². The molecule has 0 aromatic heterocycles. The second-order valence-electron chi connectivity index (χ2n) is 22.0. The Morgan fingerprint density at radius 2 is 0.761 bits per heavy atom. The normalized spacial score (nSPS) is 12.9. The third-order valence-electron chi connectivity index (χ3n) is 13.7. The molecule has 0 spiro atoms. The van der Waals surface area contributed by atoms with Gasteiger partial charge in [0.15, 0.2) is 6.10 Å². The lowest BCUT2D eigenvalue weighted by atomic mass is 10.0. The summed E-state index contributed by atoms with van der Waals surface area (Å²) >= 11 is 0. The van der Waals surface area contributed by atoms with E-state index in [4.69, 9.17) is 18.9 Å². The molecule has 418 valence electrons. The Labute approximate surface area is 439 Å². The Bertz CT molecular complexity index is 1210. The molecule has 0 aliphatic heterocycles. The predicted molar refractivity (Wildman–Crippen MR) is 300 cm³/mol. The molecule has 0 rings (SSSR count). The summed E-state index contributed by atoms with van der Waals surface area (Å²) < 4.78 is 22.9. The van der Waals surface area contributed by atoms with Crippen LogP contribution in [0.1, 0.15) is 296 Å². The maximum atomic E-state index is 12.9. The molecule has 0 bridgehead atoms. The molecular formula is C62H118NO8+. The van der Waals surface area contributed by atoms with E-state index in [-0.39, 0.29) is 38.2 Å². The average Bonchev–Trinajstić information content (AvgIpc) is 3.34. The predicted octanol–water partition coefficient (Wildman–Crippen LogP) is 17.9. The van der Waals surface area contributed by atoms with E-state index in [1.165, 1.54) is 225 Å². The number of carbonyl (C=O) groups excluding carboxylic acids is 2. The zero-order valence-electron chi connectivity index (χ0n) is 47.7. The summed E-state index contributed by atoms with van der Waals surface area (Å²) in [5, 5.41) is 9.71. The van der Waals surface area contributed by atoms with E-state index in [0.717, 1.165) is 44.9 Å². The smallest absolute Gasteiger partial charge is 0.361 e. The number of esters is 2. The molecule has 1 N–H and O–H groups in total. The summed E-state index contributed by atoms with van der Waals surface area (Å²) in [6, 6.07) is 0. The first-order valence-electron chi connectivity index (χ1n) is 30.5. The van der Waals surface area contributed by atoms with Gasteiger partial charge >= 0.3 is 17.9 Å². The summed E-state index contributed by atoms with van der Waals surface area (Å²) in [5.74, 6) is -1.98. The van der Waals surface area contributed by atoms with Crippen LogP contribution in [0.5, 0.6) is 0 Å². The topological polar surface area (TPSA) is 108 Å². The van der Waals surface area contributed by atoms with Crippen LogP contribution in [-0.4, -0.2) is 87.4 Å². The van der Waals surface area contributed by atoms with Crippen LogP contribution in [0.4, 0.5) is 0 Å². The quantitative estimate of drug-likeness (QED) is 0.0211. The van der Waals surface area contributed by atoms with Crippen molar-refractivity contribution in [2.24, 2.45) is 0 Å². The molecule has 0 saturated carbocycles. The summed E-state index contributed by atoms with van der Waals surface area (Å²) in [6.45, 7) is 4.92. The van der Waals surface area contributed by atoms with Gasteiger partial charge in [0.1, 0.15) is 13.2 Å². The Balaban J connectivity index is 4.18. The largest absolute Gasteiger partial charge is 0.477 e. The van der Waals surface area contributed by atoms with Crippen molar-refractivity contribution in [3.05, 3.63) is 24.3 Å². The van der Waals surface area contributed by atoms with Gasteiger partial charge in [-0.3, -0.25) is 9.59 Å². The SMILES string of the molecule is CCCCCCC/C=C\C/C=C\CCCCCCCCCCCCCCCC(=O)OC(COC(=O)CCCCCCCCCCCCCCCCCCCCCCC)COC(OCC[N+](C)(C)C)C(=O)O. The number of carboxylic acids is 1. The maximum absolute atomic E-state index is 12.9. The van der Waals surface area contributed by atoms with E-state index in [0.29, 0.717) is 17.4 Å². The fourth-order valence-corrected chi connectivity index (χ4v) is 8.99. The number of likely N-dealkylation sites (N-methyl/N-ethyl adjacent to an activating group) is 1. The van der Waals surface area contributed by atoms with Crippen molar-refractivity contribution < 1.29 is 42.9 Å². The van der Waals surface area contributed by atoms with Gasteiger partial charge in [0.05, 0.1) is 34.4 Å². The molecule has 0 aliphatic carbocycles. The highest BCUT2D eigenvalue weighted by molar-refractivity contribution is 5.71. The maximum Gasteiger partial charge on any atom is 0.361 e. The van der Waals surface area contributed by atoms with Gasteiger partial charge in [0, 0.05) is 12.8 Å². The molecule has 9 nitrogen and oxygen atoms in total. The van der Waals surface area contributed by atoms with Gasteiger partial charge in [-0.05, 0) is 44.9 Å². The number of hydrogen-bond acceptors (Lipinski definition) is 7. The molecule has 0 aromatic carbocycles. The molecule has 0 fully saturated rings. The first-order valence-corrected chi connectivity index (χ1v) is 30.5. The molecule has 0 aliphatic rings. The Morgan fingerprint density at radius 3 is 1.11 bits per heavy atom. The lowest BCUT2D eigenvalue weighted by molar-refractivity contribution is -0.870. The van der Waals surface area contributed by atoms with E-state index in [1.807, 2.05) is 21.1 Å². The van der Waals surface area contributed by atoms with Crippen LogP contribution in [0.2, 0.25) is 0 Å². The minimum Gasteiger partial charge on any atom is -0.477 e. The minimum absolute atomic E-state index is 0.176. The number of ether oxygens (including phenoxy) is 4. The van der Waals surface area contributed by atoms with Crippen molar-refractivity contribution in [1.82, 2.24) is 0 Å². The third-order valence-corrected chi connectivity index (χ3v) is 13.7. The lowest BCUT2D eigenvalue weighted by Gasteiger charge is -2.25. The molecule has 0 amide bonds. The van der Waals surface area contributed by atoms with Crippen LogP contribution >= 0.6 is 0 Å². The van der Waals surface area contributed by atoms with Crippen LogP contribution in [-0.2, 0) is 33.3 Å². The van der Waals surface area contributed by atoms with Gasteiger partial charge in [-0.15, -0.1) is 0 Å². The van der Waals surface area contributed by atoms with Crippen LogP contribution in [0.3, 0.4) is 0 Å². The minimum atomic E-state index is -1.51. The number of allylic oxidation sites excluding steroid dienone is 4. The van der Waals surface area contributed by atoms with E-state index < -0.39 is 18.4 Å². The summed E-state index contributed by atoms with van der Waals surface area (Å²) in [4.78, 5) is 37.5. The number of carboxylic acid groups (broad SMARTS) is 1. The standard InChI is InChI=1S/C62H117NO8/c1-6-8-10-12-14-16-18-20-22-24-26-28-29-30-31-33-35-37-39-41-43-45-47-49-51-53-60(65)71-58(57-70-62(61(66)67)68-55-54-63(3,4)5)56-69-59(64)52-50-48-46-44-42-40-38-36-34-32-27-25-23-21-19-17-15-13-11-9-7-2/h18,20,24,26,58,62H,6-17,19,21-23,25,27-57H2,1-5H3/p+1/b20-18-,26-24-. The van der Waals surface area contributed by atoms with Gasteiger partial charge in [-0.1, -0.05) is 263 Å². The molecule has 71 heavy (non-hydrogen) atoms. The number of aliphatic carboxylic acids is 1. The Kier molecular flexibility index (Phi) is 52.3. The molecule has 0 aromatic rings. The fraction of sp³-hybridized carbons (Fsp3) is 0.887. The lowest BCUT2D eigenvalue weighted by Crippen LogP contribution is -2.40. The van der Waals surface area contributed by atoms with Crippen molar-refractivity contribution in [3.63, 3.8) is 0 Å². The number of carbonyl (C=O) groups is 3. The van der Waals surface area contributed by atoms with E-state index in [9.17, 15) is 19.5 Å². The van der Waals surface area contributed by atoms with Crippen molar-refractivity contribution in [2.75, 3.05) is 47.5 Å². The average molecular weight is 1010 g/mol. The van der Waals surface area contributed by atoms with Gasteiger partial charge < -0.3 is 28.5 Å². The highest BCUT2D eigenvalue weighted by Crippen LogP contribution is 2.18. The molecular weight excluding hydrogens is 887 g/mol. The number of unbranched alkanes of at least 4 members (excludes halogenated alkanes) is 38. The second-order valence-corrected chi connectivity index (χ2v) is 22.0. The van der Waals surface area contributed by atoms with E-state index in [2.05, 4.69) is 38.2 Å². The van der Waals surface area contributed by atoms with Crippen LogP contribution in [0, 0.1) is 0 Å². The monoisotopic (exact) mass is 1000 g/mol. The summed E-state index contributed by atoms with van der Waals surface area (Å²) in [6.07, 6.45) is 61.1. The van der Waals surface area contributed by atoms with E-state index in [1.54, 1.807) is 0 Å². The Hall–Kier alpha value is -2.23. The molecule has 0 heterocycles. The van der Waals surface area contributed by atoms with Crippen molar-refractivity contribution in [1.29, 1.82) is 0 Å². The number of quaternary nitrogens is 1. The molecule has 2 atom stereocenters. The van der Waals surface area contributed by atoms with Gasteiger partial charge in [0.2, 0.25) is 0 Å². The van der Waals surface area contributed by atoms with Crippen molar-refractivity contribution in [2.45, 2.75) is 309 Å². The third kappa shape index (κ3) is 55.4. The first kappa shape index (κ1) is 68.8. The zero-order chi connectivity index (χ0) is 52.0. The second kappa shape index (κ2) is 54.0. The number of nitrogens with zero attached hydrogens (tertiary/aromatic N) is 1. The van der Waals surface area contributed by atoms with Crippen LogP contribution < -0.4 is 0 Å². The number of hydrogen-bond donors (Lipinski definition) is 1. The van der Waals surface area contributed by atoms with Crippen LogP contribution in [0.25, 0.3) is 0 Å². The van der Waals surface area contributed by atoms with Crippen molar-refractivity contribution >= 4 is 17.9 Å². The molecule has 2 unspecified atom stereocenters. The molecule has 0 radical (unpaired) electrons. The van der Waals surface area contributed by atoms with Crippen LogP contribution in [0.15, 0.2) is 24.3 Å². The van der Waals surface area contributed by atoms with Gasteiger partial charge in [-0.2, -0.15) is 0 Å². The summed E-state index contributed by atoms with van der Waals surface area (Å²) in [5.41, 5.74) is 0. The highest BCUT2D eigenvalue weighted by atomic mass is 16.7. The number of rotatable bonds is 57. The van der Waals surface area contributed by atoms with Gasteiger partial charge in [0.25, 0.3) is 6.29 Å². The van der Waals surface area contributed by atoms with Gasteiger partial charge in [-0.25, -0.2) is 4.79 Å².